The van der Waals surface area contributed by atoms with Crippen LogP contribution < -0.4 is 15.5 Å². The van der Waals surface area contributed by atoms with Gasteiger partial charge in [-0.25, -0.2) is 0 Å². The summed E-state index contributed by atoms with van der Waals surface area (Å²) < 4.78 is 0. The van der Waals surface area contributed by atoms with Gasteiger partial charge in [0.25, 0.3) is 0 Å². The summed E-state index contributed by atoms with van der Waals surface area (Å²) in [5.74, 6) is -0.659. The summed E-state index contributed by atoms with van der Waals surface area (Å²) in [6.45, 7) is 4.31. The van der Waals surface area contributed by atoms with Gasteiger partial charge in [0.2, 0.25) is 11.8 Å². The van der Waals surface area contributed by atoms with Gasteiger partial charge in [-0.1, -0.05) is 30.1 Å². The van der Waals surface area contributed by atoms with Crippen LogP contribution in [-0.4, -0.2) is 37.5 Å². The maximum Gasteiger partial charge on any atom is 0.239 e. The highest BCUT2D eigenvalue weighted by Gasteiger charge is 2.39. The van der Waals surface area contributed by atoms with Gasteiger partial charge in [-0.3, -0.25) is 9.59 Å². The Morgan fingerprint density at radius 3 is 2.88 bits per heavy atom. The zero-order valence-electron chi connectivity index (χ0n) is 13.5. The average molecular weight is 370 g/mol. The number of hydrogen-bond acceptors (Lipinski definition) is 3. The van der Waals surface area contributed by atoms with Crippen molar-refractivity contribution < 1.29 is 9.59 Å². The number of benzene rings is 1. The van der Waals surface area contributed by atoms with E-state index in [1.54, 1.807) is 23.1 Å². The fourth-order valence-corrected chi connectivity index (χ4v) is 3.71. The molecular formula is C17H21Cl2N3O2. The van der Waals surface area contributed by atoms with Crippen LogP contribution >= 0.6 is 23.2 Å². The molecule has 0 bridgehead atoms. The third kappa shape index (κ3) is 3.53. The normalized spacial score (nSPS) is 27.4. The van der Waals surface area contributed by atoms with E-state index in [2.05, 4.69) is 17.6 Å². The summed E-state index contributed by atoms with van der Waals surface area (Å²) in [5, 5.41) is 7.28. The van der Waals surface area contributed by atoms with Gasteiger partial charge in [0, 0.05) is 24.2 Å². The minimum Gasteiger partial charge on any atom is -0.351 e. The van der Waals surface area contributed by atoms with Crippen LogP contribution in [0.25, 0.3) is 0 Å². The summed E-state index contributed by atoms with van der Waals surface area (Å²) in [6.07, 6.45) is 1.51. The Balaban J connectivity index is 1.69. The lowest BCUT2D eigenvalue weighted by Gasteiger charge is -2.30. The molecular weight excluding hydrogens is 349 g/mol. The van der Waals surface area contributed by atoms with Crippen LogP contribution in [0, 0.1) is 11.8 Å². The van der Waals surface area contributed by atoms with Crippen molar-refractivity contribution in [3.8, 4) is 0 Å². The fraction of sp³-hybridized carbons (Fsp3) is 0.529. The monoisotopic (exact) mass is 369 g/mol. The van der Waals surface area contributed by atoms with Gasteiger partial charge < -0.3 is 15.5 Å². The predicted octanol–water partition coefficient (Wildman–Crippen LogP) is 2.46. The molecule has 1 aromatic carbocycles. The molecule has 2 aliphatic rings. The van der Waals surface area contributed by atoms with Crippen LogP contribution in [0.5, 0.6) is 0 Å². The lowest BCUT2D eigenvalue weighted by molar-refractivity contribution is -0.132. The van der Waals surface area contributed by atoms with Crippen LogP contribution in [-0.2, 0) is 9.59 Å². The van der Waals surface area contributed by atoms with E-state index < -0.39 is 5.92 Å². The molecule has 130 valence electrons. The van der Waals surface area contributed by atoms with Crippen LogP contribution in [0.3, 0.4) is 0 Å². The Bertz CT molecular complexity index is 653. The predicted molar refractivity (Wildman–Crippen MR) is 95.5 cm³/mol. The van der Waals surface area contributed by atoms with Crippen molar-refractivity contribution in [2.45, 2.75) is 25.8 Å². The number of amides is 2. The number of anilines is 1. The molecule has 2 N–H and O–H groups in total. The molecule has 0 radical (unpaired) electrons. The number of rotatable bonds is 3. The largest absolute Gasteiger partial charge is 0.351 e. The molecule has 2 heterocycles. The average Bonchev–Trinajstić information content (AvgIpc) is 2.93. The second-order valence-corrected chi connectivity index (χ2v) is 7.36. The molecule has 3 rings (SSSR count). The summed E-state index contributed by atoms with van der Waals surface area (Å²) in [7, 11) is 0. The second kappa shape index (κ2) is 7.30. The first kappa shape index (κ1) is 17.5. The first-order valence-corrected chi connectivity index (χ1v) is 9.00. The third-order valence-electron chi connectivity index (χ3n) is 4.88. The van der Waals surface area contributed by atoms with Crippen molar-refractivity contribution in [1.29, 1.82) is 0 Å². The zero-order chi connectivity index (χ0) is 17.3. The maximum absolute atomic E-state index is 12.7. The van der Waals surface area contributed by atoms with Crippen LogP contribution in [0.15, 0.2) is 18.2 Å². The Kier molecular flexibility index (Phi) is 5.33. The number of nitrogens with zero attached hydrogens (tertiary/aromatic N) is 1. The molecule has 0 aromatic heterocycles. The Hall–Kier alpha value is -1.30. The van der Waals surface area contributed by atoms with Gasteiger partial charge in [0.1, 0.15) is 5.92 Å². The lowest BCUT2D eigenvalue weighted by atomic mass is 9.94. The zero-order valence-corrected chi connectivity index (χ0v) is 15.0. The Morgan fingerprint density at radius 1 is 1.33 bits per heavy atom. The lowest BCUT2D eigenvalue weighted by Crippen LogP contribution is -2.52. The molecule has 3 unspecified atom stereocenters. The Morgan fingerprint density at radius 2 is 2.12 bits per heavy atom. The Labute approximate surface area is 151 Å². The van der Waals surface area contributed by atoms with E-state index in [0.717, 1.165) is 19.5 Å². The van der Waals surface area contributed by atoms with E-state index in [0.29, 0.717) is 34.6 Å². The molecule has 24 heavy (non-hydrogen) atoms. The van der Waals surface area contributed by atoms with E-state index in [9.17, 15) is 9.59 Å². The molecule has 5 nitrogen and oxygen atoms in total. The molecule has 2 amide bonds. The molecule has 3 atom stereocenters. The van der Waals surface area contributed by atoms with Crippen molar-refractivity contribution in [3.63, 3.8) is 0 Å². The summed E-state index contributed by atoms with van der Waals surface area (Å²) in [6, 6.07) is 5.07. The summed E-state index contributed by atoms with van der Waals surface area (Å²) in [4.78, 5) is 26.8. The first-order valence-electron chi connectivity index (χ1n) is 8.25. The molecule has 7 heteroatoms. The number of halogens is 2. The number of nitrogens with one attached hydrogen (secondary N) is 2. The second-order valence-electron chi connectivity index (χ2n) is 6.51. The van der Waals surface area contributed by atoms with Gasteiger partial charge in [0.05, 0.1) is 10.7 Å². The highest BCUT2D eigenvalue weighted by atomic mass is 35.5. The van der Waals surface area contributed by atoms with Crippen LogP contribution in [0.2, 0.25) is 10.0 Å². The van der Waals surface area contributed by atoms with Crippen molar-refractivity contribution in [2.75, 3.05) is 24.5 Å². The molecule has 0 saturated carbocycles. The topological polar surface area (TPSA) is 61.4 Å². The van der Waals surface area contributed by atoms with Gasteiger partial charge in [-0.2, -0.15) is 0 Å². The van der Waals surface area contributed by atoms with Gasteiger partial charge in [-0.05, 0) is 43.5 Å². The third-order valence-corrected chi connectivity index (χ3v) is 5.43. The highest BCUT2D eigenvalue weighted by molar-refractivity contribution is 6.36. The SMILES string of the molecule is CC1CCNCC1NC(=O)C1CCN(c2cc(Cl)ccc2Cl)C1=O. The van der Waals surface area contributed by atoms with E-state index in [1.165, 1.54) is 0 Å². The molecule has 2 aliphatic heterocycles. The molecule has 2 saturated heterocycles. The quantitative estimate of drug-likeness (QED) is 0.804. The smallest absolute Gasteiger partial charge is 0.239 e. The van der Waals surface area contributed by atoms with Crippen molar-refractivity contribution in [2.24, 2.45) is 11.8 Å². The minimum absolute atomic E-state index is 0.0721. The standard InChI is InChI=1S/C17H21Cl2N3O2/c1-10-4-6-20-9-14(10)21-16(23)12-5-7-22(17(12)24)15-8-11(18)2-3-13(15)19/h2-3,8,10,12,14,20H,4-7,9H2,1H3,(H,21,23). The van der Waals surface area contributed by atoms with Gasteiger partial charge >= 0.3 is 0 Å². The summed E-state index contributed by atoms with van der Waals surface area (Å²) in [5.41, 5.74) is 0.567. The minimum atomic E-state index is -0.658. The van der Waals surface area contributed by atoms with Crippen molar-refractivity contribution in [3.05, 3.63) is 28.2 Å². The van der Waals surface area contributed by atoms with E-state index in [1.807, 2.05) is 0 Å². The van der Waals surface area contributed by atoms with Crippen LogP contribution in [0.1, 0.15) is 19.8 Å². The number of piperidine rings is 1. The highest BCUT2D eigenvalue weighted by Crippen LogP contribution is 2.33. The molecule has 1 aromatic rings. The first-order chi connectivity index (χ1) is 11.5. The van der Waals surface area contributed by atoms with E-state index in [-0.39, 0.29) is 17.9 Å². The van der Waals surface area contributed by atoms with E-state index in [4.69, 9.17) is 23.2 Å². The number of carbonyl (C=O) groups is 2. The van der Waals surface area contributed by atoms with Gasteiger partial charge in [0.15, 0.2) is 0 Å². The molecule has 0 spiro atoms. The molecule has 2 fully saturated rings. The number of hydrogen-bond donors (Lipinski definition) is 2. The van der Waals surface area contributed by atoms with E-state index >= 15 is 0 Å². The van der Waals surface area contributed by atoms with Crippen molar-refractivity contribution in [1.82, 2.24) is 10.6 Å². The fourth-order valence-electron chi connectivity index (χ4n) is 3.32. The number of carbonyl (C=O) groups excluding carboxylic acids is 2. The van der Waals surface area contributed by atoms with Gasteiger partial charge in [-0.15, -0.1) is 0 Å². The molecule has 0 aliphatic carbocycles. The van der Waals surface area contributed by atoms with Crippen molar-refractivity contribution >= 4 is 40.7 Å². The summed E-state index contributed by atoms with van der Waals surface area (Å²) >= 11 is 12.2. The maximum atomic E-state index is 12.7. The van der Waals surface area contributed by atoms with Crippen LogP contribution in [0.4, 0.5) is 5.69 Å².